The molecule has 2 nitrogen and oxygen atoms in total. The molecule has 0 aromatic heterocycles. The van der Waals surface area contributed by atoms with E-state index in [2.05, 4.69) is 0 Å². The molecule has 0 amide bonds. The Kier molecular flexibility index (Phi) is 5.26. The lowest BCUT2D eigenvalue weighted by Crippen LogP contribution is -2.24. The van der Waals surface area contributed by atoms with Crippen molar-refractivity contribution in [3.63, 3.8) is 0 Å². The maximum Gasteiger partial charge on any atom is 0.0639 e. The van der Waals surface area contributed by atoms with Crippen LogP contribution in [0.15, 0.2) is 18.2 Å². The van der Waals surface area contributed by atoms with Crippen LogP contribution in [0, 0.1) is 0 Å². The van der Waals surface area contributed by atoms with E-state index < -0.39 is 0 Å². The van der Waals surface area contributed by atoms with E-state index in [1.807, 2.05) is 26.0 Å². The summed E-state index contributed by atoms with van der Waals surface area (Å²) in [6.45, 7) is 4.08. The first-order valence-corrected chi connectivity index (χ1v) is 6.37. The zero-order valence-corrected chi connectivity index (χ0v) is 12.0. The molecule has 0 spiro atoms. The van der Waals surface area contributed by atoms with Crippen molar-refractivity contribution in [3.8, 4) is 0 Å². The van der Waals surface area contributed by atoms with Crippen molar-refractivity contribution in [2.75, 3.05) is 7.11 Å². The first-order valence-electron chi connectivity index (χ1n) is 5.62. The number of hydrogen-bond donors (Lipinski definition) is 1. The number of benzene rings is 1. The van der Waals surface area contributed by atoms with Gasteiger partial charge in [-0.3, -0.25) is 0 Å². The standard InChI is InChI=1S/C13H19Cl2NO/c1-13(2,17-3)8-7-11(16)9-5-4-6-10(14)12(9)15/h4-6,11H,7-8,16H2,1-3H3. The van der Waals surface area contributed by atoms with Crippen molar-refractivity contribution in [1.82, 2.24) is 0 Å². The van der Waals surface area contributed by atoms with Crippen LogP contribution in [-0.2, 0) is 4.74 Å². The maximum atomic E-state index is 6.13. The zero-order chi connectivity index (χ0) is 13.1. The average molecular weight is 276 g/mol. The third-order valence-electron chi connectivity index (χ3n) is 2.99. The first-order chi connectivity index (χ1) is 7.87. The number of methoxy groups -OCH3 is 1. The number of nitrogens with two attached hydrogens (primary N) is 1. The maximum absolute atomic E-state index is 6.13. The van der Waals surface area contributed by atoms with Crippen molar-refractivity contribution in [1.29, 1.82) is 0 Å². The Morgan fingerprint density at radius 3 is 2.59 bits per heavy atom. The smallest absolute Gasteiger partial charge is 0.0639 e. The fraction of sp³-hybridized carbons (Fsp3) is 0.538. The van der Waals surface area contributed by atoms with Gasteiger partial charge < -0.3 is 10.5 Å². The number of ether oxygens (including phenoxy) is 1. The second-order valence-corrected chi connectivity index (χ2v) is 5.54. The van der Waals surface area contributed by atoms with Gasteiger partial charge in [-0.1, -0.05) is 35.3 Å². The van der Waals surface area contributed by atoms with Crippen molar-refractivity contribution >= 4 is 23.2 Å². The minimum Gasteiger partial charge on any atom is -0.379 e. The van der Waals surface area contributed by atoms with Gasteiger partial charge in [0.05, 0.1) is 15.6 Å². The molecule has 0 radical (unpaired) electrons. The second kappa shape index (κ2) is 6.05. The summed E-state index contributed by atoms with van der Waals surface area (Å²) in [5.74, 6) is 0. The highest BCUT2D eigenvalue weighted by Gasteiger charge is 2.19. The van der Waals surface area contributed by atoms with Gasteiger partial charge in [0.25, 0.3) is 0 Å². The molecule has 0 saturated heterocycles. The Morgan fingerprint density at radius 1 is 1.35 bits per heavy atom. The number of halogens is 2. The van der Waals surface area contributed by atoms with E-state index in [1.165, 1.54) is 0 Å². The van der Waals surface area contributed by atoms with E-state index in [4.69, 9.17) is 33.7 Å². The molecule has 0 bridgehead atoms. The van der Waals surface area contributed by atoms with Crippen molar-refractivity contribution in [2.24, 2.45) is 5.73 Å². The van der Waals surface area contributed by atoms with Gasteiger partial charge in [0.2, 0.25) is 0 Å². The van der Waals surface area contributed by atoms with Crippen LogP contribution in [0.1, 0.15) is 38.3 Å². The molecule has 17 heavy (non-hydrogen) atoms. The van der Waals surface area contributed by atoms with Gasteiger partial charge in [0, 0.05) is 13.2 Å². The summed E-state index contributed by atoms with van der Waals surface area (Å²) in [6.07, 6.45) is 1.68. The lowest BCUT2D eigenvalue weighted by atomic mass is 9.95. The summed E-state index contributed by atoms with van der Waals surface area (Å²) in [7, 11) is 1.71. The van der Waals surface area contributed by atoms with Gasteiger partial charge in [-0.2, -0.15) is 0 Å². The van der Waals surface area contributed by atoms with E-state index in [9.17, 15) is 0 Å². The van der Waals surface area contributed by atoms with Crippen LogP contribution in [0.2, 0.25) is 10.0 Å². The molecule has 0 aliphatic heterocycles. The molecule has 1 rings (SSSR count). The second-order valence-electron chi connectivity index (χ2n) is 4.75. The van der Waals surface area contributed by atoms with E-state index in [1.54, 1.807) is 13.2 Å². The highest BCUT2D eigenvalue weighted by Crippen LogP contribution is 2.31. The van der Waals surface area contributed by atoms with E-state index in [0.717, 1.165) is 18.4 Å². The molecule has 1 aromatic rings. The van der Waals surface area contributed by atoms with Gasteiger partial charge in [-0.05, 0) is 38.3 Å². The van der Waals surface area contributed by atoms with E-state index in [-0.39, 0.29) is 11.6 Å². The summed E-state index contributed by atoms with van der Waals surface area (Å²) in [5.41, 5.74) is 6.86. The zero-order valence-electron chi connectivity index (χ0n) is 10.5. The predicted octanol–water partition coefficient (Wildman–Crippen LogP) is 4.20. The minimum atomic E-state index is -0.164. The third-order valence-corrected chi connectivity index (χ3v) is 3.82. The summed E-state index contributed by atoms with van der Waals surface area (Å²) >= 11 is 12.1. The molecule has 0 aliphatic carbocycles. The molecule has 1 aromatic carbocycles. The Morgan fingerprint density at radius 2 is 2.00 bits per heavy atom. The molecule has 2 N–H and O–H groups in total. The van der Waals surface area contributed by atoms with Gasteiger partial charge in [0.15, 0.2) is 0 Å². The van der Waals surface area contributed by atoms with Crippen molar-refractivity contribution in [3.05, 3.63) is 33.8 Å². The number of rotatable bonds is 5. The third kappa shape index (κ3) is 4.14. The molecule has 0 heterocycles. The monoisotopic (exact) mass is 275 g/mol. The summed E-state index contributed by atoms with van der Waals surface area (Å²) in [4.78, 5) is 0. The van der Waals surface area contributed by atoms with E-state index >= 15 is 0 Å². The van der Waals surface area contributed by atoms with Crippen molar-refractivity contribution < 1.29 is 4.74 Å². The van der Waals surface area contributed by atoms with Gasteiger partial charge in [-0.25, -0.2) is 0 Å². The van der Waals surface area contributed by atoms with Crippen LogP contribution >= 0.6 is 23.2 Å². The Labute approximate surface area is 113 Å². The molecule has 96 valence electrons. The molecule has 0 saturated carbocycles. The minimum absolute atomic E-state index is 0.115. The predicted molar refractivity (Wildman–Crippen MR) is 73.7 cm³/mol. The molecular formula is C13H19Cl2NO. The largest absolute Gasteiger partial charge is 0.379 e. The summed E-state index contributed by atoms with van der Waals surface area (Å²) in [5, 5.41) is 1.10. The highest BCUT2D eigenvalue weighted by molar-refractivity contribution is 6.42. The average Bonchev–Trinajstić information content (AvgIpc) is 2.30. The van der Waals surface area contributed by atoms with Crippen molar-refractivity contribution in [2.45, 2.75) is 38.3 Å². The summed E-state index contributed by atoms with van der Waals surface area (Å²) < 4.78 is 5.36. The molecule has 4 heteroatoms. The molecule has 0 fully saturated rings. The lowest BCUT2D eigenvalue weighted by Gasteiger charge is -2.25. The van der Waals surface area contributed by atoms with Crippen LogP contribution in [0.5, 0.6) is 0 Å². The Bertz CT molecular complexity index is 380. The SMILES string of the molecule is COC(C)(C)CCC(N)c1cccc(Cl)c1Cl. The van der Waals surface area contributed by atoms with Crippen LogP contribution in [0.25, 0.3) is 0 Å². The fourth-order valence-electron chi connectivity index (χ4n) is 1.57. The van der Waals surface area contributed by atoms with E-state index in [0.29, 0.717) is 10.0 Å². The topological polar surface area (TPSA) is 35.2 Å². The van der Waals surface area contributed by atoms with Gasteiger partial charge in [0.1, 0.15) is 0 Å². The molecule has 1 atom stereocenters. The lowest BCUT2D eigenvalue weighted by molar-refractivity contribution is 0.0125. The normalized spacial score (nSPS) is 13.8. The highest BCUT2D eigenvalue weighted by atomic mass is 35.5. The van der Waals surface area contributed by atoms with Gasteiger partial charge in [-0.15, -0.1) is 0 Å². The Balaban J connectivity index is 2.71. The summed E-state index contributed by atoms with van der Waals surface area (Å²) in [6, 6.07) is 5.43. The quantitative estimate of drug-likeness (QED) is 0.874. The molecule has 0 aliphatic rings. The number of hydrogen-bond acceptors (Lipinski definition) is 2. The van der Waals surface area contributed by atoms with Crippen LogP contribution in [-0.4, -0.2) is 12.7 Å². The fourth-order valence-corrected chi connectivity index (χ4v) is 2.02. The first kappa shape index (κ1) is 14.8. The van der Waals surface area contributed by atoms with Gasteiger partial charge >= 0.3 is 0 Å². The Hall–Kier alpha value is -0.280. The molecule has 1 unspecified atom stereocenters. The van der Waals surface area contributed by atoms with Crippen LogP contribution in [0.4, 0.5) is 0 Å². The van der Waals surface area contributed by atoms with Crippen LogP contribution < -0.4 is 5.73 Å². The molecular weight excluding hydrogens is 257 g/mol. The van der Waals surface area contributed by atoms with Crippen LogP contribution in [0.3, 0.4) is 0 Å².